The second-order valence-corrected chi connectivity index (χ2v) is 3.48. The van der Waals surface area contributed by atoms with Crippen LogP contribution in [0.3, 0.4) is 0 Å². The van der Waals surface area contributed by atoms with Crippen LogP contribution in [0.2, 0.25) is 5.02 Å². The highest BCUT2D eigenvalue weighted by molar-refractivity contribution is 6.30. The van der Waals surface area contributed by atoms with Crippen molar-refractivity contribution >= 4 is 23.3 Å². The van der Waals surface area contributed by atoms with Crippen LogP contribution in [-0.4, -0.2) is 25.8 Å². The summed E-state index contributed by atoms with van der Waals surface area (Å²) in [5.74, 6) is -0.735. The average Bonchev–Trinajstić information content (AvgIpc) is 2.64. The fourth-order valence-electron chi connectivity index (χ4n) is 1.20. The Bertz CT molecular complexity index is 552. The summed E-state index contributed by atoms with van der Waals surface area (Å²) >= 11 is 5.70. The van der Waals surface area contributed by atoms with Gasteiger partial charge in [-0.2, -0.15) is 5.10 Å². The van der Waals surface area contributed by atoms with Gasteiger partial charge in [-0.1, -0.05) is 11.6 Å². The second-order valence-electron chi connectivity index (χ2n) is 3.05. The van der Waals surface area contributed by atoms with Crippen molar-refractivity contribution in [3.63, 3.8) is 0 Å². The summed E-state index contributed by atoms with van der Waals surface area (Å²) in [6, 6.07) is 1.32. The van der Waals surface area contributed by atoms with E-state index in [0.717, 1.165) is 0 Å². The van der Waals surface area contributed by atoms with Gasteiger partial charge in [0.1, 0.15) is 0 Å². The zero-order valence-electron chi connectivity index (χ0n) is 7.96. The SMILES string of the molecule is Nc1cc(C(=O)O)cnc1-n1cc(Cl)cn1. The fourth-order valence-corrected chi connectivity index (χ4v) is 1.34. The molecule has 0 aromatic carbocycles. The summed E-state index contributed by atoms with van der Waals surface area (Å²) < 4.78 is 1.38. The van der Waals surface area contributed by atoms with Gasteiger partial charge in [-0.25, -0.2) is 14.5 Å². The summed E-state index contributed by atoms with van der Waals surface area (Å²) in [5.41, 5.74) is 5.92. The number of nitrogen functional groups attached to an aromatic ring is 1. The predicted octanol–water partition coefficient (Wildman–Crippen LogP) is 1.20. The third-order valence-corrected chi connectivity index (χ3v) is 2.11. The van der Waals surface area contributed by atoms with E-state index in [2.05, 4.69) is 10.1 Å². The molecule has 0 unspecified atom stereocenters. The summed E-state index contributed by atoms with van der Waals surface area (Å²) in [5, 5.41) is 13.1. The molecule has 16 heavy (non-hydrogen) atoms. The lowest BCUT2D eigenvalue weighted by Crippen LogP contribution is -2.06. The number of anilines is 1. The number of aromatic nitrogens is 3. The first-order valence-electron chi connectivity index (χ1n) is 4.27. The predicted molar refractivity (Wildman–Crippen MR) is 57.7 cm³/mol. The molecule has 7 heteroatoms. The van der Waals surface area contributed by atoms with Crippen molar-refractivity contribution in [3.8, 4) is 5.82 Å². The summed E-state index contributed by atoms with van der Waals surface area (Å²) in [4.78, 5) is 14.6. The monoisotopic (exact) mass is 238 g/mol. The molecule has 0 saturated carbocycles. The Morgan fingerprint density at radius 3 is 2.75 bits per heavy atom. The van der Waals surface area contributed by atoms with Gasteiger partial charge in [0.15, 0.2) is 5.82 Å². The van der Waals surface area contributed by atoms with Crippen LogP contribution in [0.15, 0.2) is 24.7 Å². The molecule has 3 N–H and O–H groups in total. The number of rotatable bonds is 2. The highest BCUT2D eigenvalue weighted by Crippen LogP contribution is 2.17. The minimum Gasteiger partial charge on any atom is -0.478 e. The van der Waals surface area contributed by atoms with Gasteiger partial charge in [0, 0.05) is 6.20 Å². The number of carboxylic acid groups (broad SMARTS) is 1. The minimum absolute atomic E-state index is 0.0273. The number of aromatic carboxylic acids is 1. The Kier molecular flexibility index (Phi) is 2.49. The molecule has 0 radical (unpaired) electrons. The zero-order chi connectivity index (χ0) is 11.7. The van der Waals surface area contributed by atoms with Crippen molar-refractivity contribution in [2.45, 2.75) is 0 Å². The van der Waals surface area contributed by atoms with Gasteiger partial charge in [0.2, 0.25) is 0 Å². The van der Waals surface area contributed by atoms with Crippen LogP contribution < -0.4 is 5.73 Å². The summed E-state index contributed by atoms with van der Waals surface area (Å²) in [7, 11) is 0. The number of hydrogen-bond donors (Lipinski definition) is 2. The molecule has 0 aliphatic heterocycles. The summed E-state index contributed by atoms with van der Waals surface area (Å²) in [6.45, 7) is 0. The van der Waals surface area contributed by atoms with E-state index in [0.29, 0.717) is 10.8 Å². The lowest BCUT2D eigenvalue weighted by atomic mass is 10.2. The molecule has 0 bridgehead atoms. The standard InChI is InChI=1S/C9H7ClN4O2/c10-6-3-13-14(4-6)8-7(11)1-5(2-12-8)9(15)16/h1-4H,11H2,(H,15,16). The van der Waals surface area contributed by atoms with E-state index < -0.39 is 5.97 Å². The first kappa shape index (κ1) is 10.4. The molecule has 82 valence electrons. The first-order valence-corrected chi connectivity index (χ1v) is 4.65. The second kappa shape index (κ2) is 3.82. The molecule has 0 aliphatic rings. The number of carbonyl (C=O) groups is 1. The minimum atomic E-state index is -1.08. The van der Waals surface area contributed by atoms with Gasteiger partial charge in [0.05, 0.1) is 28.7 Å². The van der Waals surface area contributed by atoms with Gasteiger partial charge in [-0.3, -0.25) is 0 Å². The van der Waals surface area contributed by atoms with Crippen molar-refractivity contribution in [1.82, 2.24) is 14.8 Å². The van der Waals surface area contributed by atoms with Crippen LogP contribution in [0, 0.1) is 0 Å². The number of nitrogens with two attached hydrogens (primary N) is 1. The summed E-state index contributed by atoms with van der Waals surface area (Å²) in [6.07, 6.45) is 4.18. The fraction of sp³-hybridized carbons (Fsp3) is 0. The van der Waals surface area contributed by atoms with Crippen molar-refractivity contribution in [2.75, 3.05) is 5.73 Å². The molecule has 6 nitrogen and oxygen atoms in total. The maximum Gasteiger partial charge on any atom is 0.337 e. The van der Waals surface area contributed by atoms with Crippen LogP contribution >= 0.6 is 11.6 Å². The number of carboxylic acids is 1. The third kappa shape index (κ3) is 1.82. The molecule has 2 aromatic heterocycles. The van der Waals surface area contributed by atoms with E-state index in [1.54, 1.807) is 0 Å². The largest absolute Gasteiger partial charge is 0.478 e. The van der Waals surface area contributed by atoms with Crippen LogP contribution in [0.1, 0.15) is 10.4 Å². The number of pyridine rings is 1. The molecule has 0 atom stereocenters. The van der Waals surface area contributed by atoms with E-state index in [9.17, 15) is 4.79 Å². The average molecular weight is 239 g/mol. The van der Waals surface area contributed by atoms with Gasteiger partial charge in [0.25, 0.3) is 0 Å². The topological polar surface area (TPSA) is 94.0 Å². The van der Waals surface area contributed by atoms with Gasteiger partial charge in [-0.05, 0) is 6.07 Å². The Balaban J connectivity index is 2.47. The van der Waals surface area contributed by atoms with Gasteiger partial charge >= 0.3 is 5.97 Å². The van der Waals surface area contributed by atoms with Gasteiger partial charge < -0.3 is 10.8 Å². The van der Waals surface area contributed by atoms with Crippen LogP contribution in [0.25, 0.3) is 5.82 Å². The number of halogens is 1. The Morgan fingerprint density at radius 1 is 1.50 bits per heavy atom. The maximum absolute atomic E-state index is 10.7. The molecule has 0 spiro atoms. The molecule has 0 amide bonds. The van der Waals surface area contributed by atoms with Crippen LogP contribution in [0.4, 0.5) is 5.69 Å². The van der Waals surface area contributed by atoms with E-state index in [1.807, 2.05) is 0 Å². The van der Waals surface area contributed by atoms with Crippen LogP contribution in [0.5, 0.6) is 0 Å². The van der Waals surface area contributed by atoms with Crippen LogP contribution in [-0.2, 0) is 0 Å². The van der Waals surface area contributed by atoms with Crippen molar-refractivity contribution in [3.05, 3.63) is 35.2 Å². The molecule has 2 aromatic rings. The molecule has 2 heterocycles. The lowest BCUT2D eigenvalue weighted by Gasteiger charge is -2.04. The van der Waals surface area contributed by atoms with Crippen molar-refractivity contribution < 1.29 is 9.90 Å². The Morgan fingerprint density at radius 2 is 2.25 bits per heavy atom. The zero-order valence-corrected chi connectivity index (χ0v) is 8.72. The number of hydrogen-bond acceptors (Lipinski definition) is 4. The highest BCUT2D eigenvalue weighted by atomic mass is 35.5. The molecule has 2 rings (SSSR count). The molecular formula is C9H7ClN4O2. The normalized spacial score (nSPS) is 10.3. The molecule has 0 saturated heterocycles. The van der Waals surface area contributed by atoms with Gasteiger partial charge in [-0.15, -0.1) is 0 Å². The lowest BCUT2D eigenvalue weighted by molar-refractivity contribution is 0.0696. The third-order valence-electron chi connectivity index (χ3n) is 1.91. The Hall–Kier alpha value is -2.08. The first-order chi connectivity index (χ1) is 7.58. The highest BCUT2D eigenvalue weighted by Gasteiger charge is 2.09. The molecular weight excluding hydrogens is 232 g/mol. The van der Waals surface area contributed by atoms with E-state index >= 15 is 0 Å². The van der Waals surface area contributed by atoms with Crippen molar-refractivity contribution in [1.29, 1.82) is 0 Å². The molecule has 0 aliphatic carbocycles. The van der Waals surface area contributed by atoms with Crippen molar-refractivity contribution in [2.24, 2.45) is 0 Å². The maximum atomic E-state index is 10.7. The molecule has 0 fully saturated rings. The number of nitrogens with zero attached hydrogens (tertiary/aromatic N) is 3. The van der Waals surface area contributed by atoms with E-state index in [-0.39, 0.29) is 11.3 Å². The van der Waals surface area contributed by atoms with E-state index in [1.165, 1.54) is 29.3 Å². The van der Waals surface area contributed by atoms with E-state index in [4.69, 9.17) is 22.4 Å². The smallest absolute Gasteiger partial charge is 0.337 e. The quantitative estimate of drug-likeness (QED) is 0.820. The Labute approximate surface area is 95.3 Å².